The molecule has 0 aromatic carbocycles. The van der Waals surface area contributed by atoms with E-state index in [-0.39, 0.29) is 12.4 Å². The molecule has 0 spiro atoms. The molecule has 0 aliphatic rings. The molecule has 0 saturated heterocycles. The van der Waals surface area contributed by atoms with Crippen molar-refractivity contribution in [2.45, 2.75) is 25.3 Å². The summed E-state index contributed by atoms with van der Waals surface area (Å²) in [4.78, 5) is 10.1. The van der Waals surface area contributed by atoms with Gasteiger partial charge in [0, 0.05) is 0 Å². The number of aliphatic carboxylic acids is 1. The SMILES string of the molecule is Cl.N[13CH2][13CH2][13CH2][13CH2][13CH](N)[13C](=O)O. The molecule has 5 N–H and O–H groups in total. The molecule has 0 radical (unpaired) electrons. The fraction of sp³-hybridized carbons (Fsp3) is 0.833. The topological polar surface area (TPSA) is 89.3 Å². The van der Waals surface area contributed by atoms with Crippen molar-refractivity contribution in [3.8, 4) is 0 Å². The Bertz CT molecular complexity index is 111. The number of halogens is 1. The van der Waals surface area contributed by atoms with Gasteiger partial charge in [-0.3, -0.25) is 4.79 Å². The first-order valence-electron chi connectivity index (χ1n) is 3.37. The summed E-state index contributed by atoms with van der Waals surface area (Å²) in [6, 6.07) is -0.716. The standard InChI is InChI=1S/C6H14N2O2.ClH/c7-4-2-1-3-5(8)6(9)10;/h5H,1-4,7-8H2,(H,9,10);1H/i1+1,2+1,3+1,4+1,5+1,6+1;. The van der Waals surface area contributed by atoms with Gasteiger partial charge in [-0.2, -0.15) is 0 Å². The summed E-state index contributed by atoms with van der Waals surface area (Å²) in [7, 11) is 0. The van der Waals surface area contributed by atoms with Crippen LogP contribution in [0.2, 0.25) is 0 Å². The molecule has 0 aromatic heterocycles. The smallest absolute Gasteiger partial charge is 0.320 e. The first-order valence-corrected chi connectivity index (χ1v) is 3.37. The summed E-state index contributed by atoms with van der Waals surface area (Å²) in [5.74, 6) is -0.933. The van der Waals surface area contributed by atoms with Crippen LogP contribution in [-0.4, -0.2) is 23.7 Å². The Kier molecular flexibility index (Phi) is 9.40. The summed E-state index contributed by atoms with van der Waals surface area (Å²) in [5.41, 5.74) is 10.4. The molecule has 68 valence electrons. The average Bonchev–Trinajstić information content (AvgIpc) is 1.88. The van der Waals surface area contributed by atoms with Gasteiger partial charge in [0.15, 0.2) is 0 Å². The van der Waals surface area contributed by atoms with Gasteiger partial charge in [-0.05, 0) is 19.4 Å². The lowest BCUT2D eigenvalue weighted by Gasteiger charge is -2.03. The van der Waals surface area contributed by atoms with Crippen LogP contribution in [0.25, 0.3) is 0 Å². The molecule has 1 unspecified atom stereocenters. The van der Waals surface area contributed by atoms with E-state index < -0.39 is 12.0 Å². The van der Waals surface area contributed by atoms with Crippen LogP contribution in [0, 0.1) is 0 Å². The molecule has 5 heteroatoms. The van der Waals surface area contributed by atoms with Gasteiger partial charge in [0.2, 0.25) is 0 Å². The first kappa shape index (κ1) is 13.3. The second kappa shape index (κ2) is 7.78. The number of carbonyl (C=O) groups is 1. The molecule has 0 amide bonds. The summed E-state index contributed by atoms with van der Waals surface area (Å²) in [6.45, 7) is 0.604. The van der Waals surface area contributed by atoms with Gasteiger partial charge in [0.05, 0.1) is 0 Å². The van der Waals surface area contributed by atoms with E-state index in [1.807, 2.05) is 0 Å². The highest BCUT2D eigenvalue weighted by Crippen LogP contribution is 1.96. The first-order chi connectivity index (χ1) is 4.68. The minimum atomic E-state index is -0.933. The van der Waals surface area contributed by atoms with E-state index in [1.54, 1.807) is 0 Å². The number of rotatable bonds is 5. The quantitative estimate of drug-likeness (QED) is 0.417. The third kappa shape index (κ3) is 7.58. The van der Waals surface area contributed by atoms with E-state index in [0.717, 1.165) is 12.8 Å². The predicted octanol–water partition coefficient (Wildman–Crippen LogP) is -0.0509. The van der Waals surface area contributed by atoms with Crippen LogP contribution in [0.5, 0.6) is 0 Å². The van der Waals surface area contributed by atoms with E-state index in [2.05, 4.69) is 0 Å². The van der Waals surface area contributed by atoms with E-state index in [9.17, 15) is 4.79 Å². The van der Waals surface area contributed by atoms with Crippen molar-refractivity contribution < 1.29 is 9.90 Å². The Morgan fingerprint density at radius 3 is 2.36 bits per heavy atom. The summed E-state index contributed by atoms with van der Waals surface area (Å²) in [6.07, 6.45) is 2.16. The number of unbranched alkanes of at least 4 members (excludes halogenated alkanes) is 1. The van der Waals surface area contributed by atoms with Crippen molar-refractivity contribution in [2.75, 3.05) is 6.54 Å². The Morgan fingerprint density at radius 2 is 2.00 bits per heavy atom. The number of nitrogens with two attached hydrogens (primary N) is 2. The van der Waals surface area contributed by atoms with Crippen LogP contribution >= 0.6 is 12.4 Å². The fourth-order valence-corrected chi connectivity index (χ4v) is 0.632. The zero-order valence-electron chi connectivity index (χ0n) is 6.32. The molecule has 0 rings (SSSR count). The maximum atomic E-state index is 10.1. The van der Waals surface area contributed by atoms with E-state index >= 15 is 0 Å². The molecule has 0 aliphatic heterocycles. The van der Waals surface area contributed by atoms with Gasteiger partial charge in [-0.15, -0.1) is 12.4 Å². The molecule has 4 nitrogen and oxygen atoms in total. The molecular weight excluding hydrogens is 173 g/mol. The zero-order chi connectivity index (χ0) is 7.98. The average molecular weight is 189 g/mol. The van der Waals surface area contributed by atoms with Crippen LogP contribution in [0.4, 0.5) is 0 Å². The predicted molar refractivity (Wildman–Crippen MR) is 45.8 cm³/mol. The Morgan fingerprint density at radius 1 is 1.45 bits per heavy atom. The Hall–Kier alpha value is -0.320. The van der Waals surface area contributed by atoms with Crippen LogP contribution in [0.1, 0.15) is 19.3 Å². The number of hydrogen-bond donors (Lipinski definition) is 3. The van der Waals surface area contributed by atoms with Gasteiger partial charge in [-0.1, -0.05) is 6.42 Å². The van der Waals surface area contributed by atoms with Gasteiger partial charge in [0.25, 0.3) is 0 Å². The van der Waals surface area contributed by atoms with Crippen LogP contribution in [-0.2, 0) is 4.79 Å². The van der Waals surface area contributed by atoms with Crippen molar-refractivity contribution in [1.29, 1.82) is 0 Å². The highest BCUT2D eigenvalue weighted by molar-refractivity contribution is 5.85. The number of carboxylic acid groups (broad SMARTS) is 1. The summed E-state index contributed by atoms with van der Waals surface area (Å²) in [5, 5.41) is 8.33. The van der Waals surface area contributed by atoms with E-state index in [0.29, 0.717) is 13.0 Å². The van der Waals surface area contributed by atoms with Crippen LogP contribution < -0.4 is 11.5 Å². The minimum absolute atomic E-state index is 0. The molecule has 0 saturated carbocycles. The molecule has 0 aliphatic carbocycles. The van der Waals surface area contributed by atoms with Gasteiger partial charge >= 0.3 is 5.97 Å². The summed E-state index contributed by atoms with van der Waals surface area (Å²) < 4.78 is 0. The number of carboxylic acids is 1. The molecule has 0 heterocycles. The maximum Gasteiger partial charge on any atom is 0.320 e. The third-order valence-corrected chi connectivity index (χ3v) is 1.29. The fourth-order valence-electron chi connectivity index (χ4n) is 0.632. The number of hydrogen-bond acceptors (Lipinski definition) is 3. The lowest BCUT2D eigenvalue weighted by molar-refractivity contribution is -0.138. The zero-order valence-corrected chi connectivity index (χ0v) is 7.14. The monoisotopic (exact) mass is 188 g/mol. The minimum Gasteiger partial charge on any atom is -0.480 e. The maximum absolute atomic E-state index is 10.1. The van der Waals surface area contributed by atoms with Crippen molar-refractivity contribution in [3.63, 3.8) is 0 Å². The van der Waals surface area contributed by atoms with Crippen molar-refractivity contribution >= 4 is 18.4 Å². The van der Waals surface area contributed by atoms with Crippen molar-refractivity contribution in [2.24, 2.45) is 11.5 Å². The van der Waals surface area contributed by atoms with Gasteiger partial charge < -0.3 is 16.6 Å². The lowest BCUT2D eigenvalue weighted by atomic mass is 11.1. The third-order valence-electron chi connectivity index (χ3n) is 1.29. The highest BCUT2D eigenvalue weighted by Gasteiger charge is 2.09. The highest BCUT2D eigenvalue weighted by atomic mass is 35.5. The summed E-state index contributed by atoms with van der Waals surface area (Å²) >= 11 is 0. The molecule has 11 heavy (non-hydrogen) atoms. The second-order valence-electron chi connectivity index (χ2n) is 2.23. The van der Waals surface area contributed by atoms with Gasteiger partial charge in [0.1, 0.15) is 6.04 Å². The van der Waals surface area contributed by atoms with E-state index in [1.165, 1.54) is 0 Å². The van der Waals surface area contributed by atoms with E-state index in [4.69, 9.17) is 16.6 Å². The van der Waals surface area contributed by atoms with Crippen molar-refractivity contribution in [1.82, 2.24) is 0 Å². The van der Waals surface area contributed by atoms with Crippen LogP contribution in [0.15, 0.2) is 0 Å². The normalized spacial score (nSPS) is 11.8. The Labute approximate surface area is 72.4 Å². The second-order valence-corrected chi connectivity index (χ2v) is 2.23. The molecule has 0 aromatic rings. The molecule has 0 fully saturated rings. The molecule has 0 bridgehead atoms. The molecular formula is C6H15ClN2O2. The van der Waals surface area contributed by atoms with Crippen LogP contribution in [0.3, 0.4) is 0 Å². The largest absolute Gasteiger partial charge is 0.480 e. The molecule has 1 atom stereocenters. The lowest BCUT2D eigenvalue weighted by Crippen LogP contribution is -2.29. The van der Waals surface area contributed by atoms with Crippen molar-refractivity contribution in [3.05, 3.63) is 0 Å². The Balaban J connectivity index is 0. The van der Waals surface area contributed by atoms with Gasteiger partial charge in [-0.25, -0.2) is 0 Å².